The Kier molecular flexibility index (Phi) is 5.88. The molecule has 0 radical (unpaired) electrons. The van der Waals surface area contributed by atoms with E-state index < -0.39 is 0 Å². The molecule has 1 saturated heterocycles. The van der Waals surface area contributed by atoms with Crippen LogP contribution in [0.2, 0.25) is 0 Å². The molecule has 7 nitrogen and oxygen atoms in total. The fourth-order valence-electron chi connectivity index (χ4n) is 3.01. The third-order valence-corrected chi connectivity index (χ3v) is 4.39. The summed E-state index contributed by atoms with van der Waals surface area (Å²) in [6.45, 7) is 3.76. The number of likely N-dealkylation sites (tertiary alicyclic amines) is 1. The van der Waals surface area contributed by atoms with Crippen LogP contribution < -0.4 is 5.32 Å². The Morgan fingerprint density at radius 3 is 2.88 bits per heavy atom. The maximum Gasteiger partial charge on any atom is 0.410 e. The maximum atomic E-state index is 12.3. The van der Waals surface area contributed by atoms with Gasteiger partial charge in [0.2, 0.25) is 0 Å². The summed E-state index contributed by atoms with van der Waals surface area (Å²) in [6, 6.07) is 11.2. The monoisotopic (exact) mass is 357 g/mol. The Balaban J connectivity index is 1.44. The summed E-state index contributed by atoms with van der Waals surface area (Å²) in [5, 5.41) is 6.56. The number of aryl methyl sites for hydroxylation is 1. The summed E-state index contributed by atoms with van der Waals surface area (Å²) in [7, 11) is 0. The number of carbonyl (C=O) groups excluding carboxylic acids is 2. The van der Waals surface area contributed by atoms with E-state index in [1.807, 2.05) is 30.3 Å². The van der Waals surface area contributed by atoms with Crippen molar-refractivity contribution < 1.29 is 18.8 Å². The van der Waals surface area contributed by atoms with Gasteiger partial charge in [-0.05, 0) is 31.2 Å². The van der Waals surface area contributed by atoms with Crippen LogP contribution in [0.15, 0.2) is 40.9 Å². The largest absolute Gasteiger partial charge is 0.445 e. The first-order valence-corrected chi connectivity index (χ1v) is 8.79. The first-order chi connectivity index (χ1) is 12.6. The molecule has 0 saturated carbocycles. The molecule has 1 aliphatic rings. The molecule has 2 amide bonds. The number of aromatic nitrogens is 1. The van der Waals surface area contributed by atoms with Crippen LogP contribution in [-0.2, 0) is 11.3 Å². The van der Waals surface area contributed by atoms with Crippen molar-refractivity contribution in [2.45, 2.75) is 26.4 Å². The minimum absolute atomic E-state index is 0.199. The predicted octanol–water partition coefficient (Wildman–Crippen LogP) is 2.76. The molecule has 0 aliphatic carbocycles. The van der Waals surface area contributed by atoms with Crippen molar-refractivity contribution >= 4 is 12.0 Å². The zero-order valence-electron chi connectivity index (χ0n) is 14.8. The van der Waals surface area contributed by atoms with Gasteiger partial charge in [0.1, 0.15) is 12.4 Å². The van der Waals surface area contributed by atoms with Crippen molar-refractivity contribution in [3.8, 4) is 0 Å². The number of amides is 2. The van der Waals surface area contributed by atoms with Crippen molar-refractivity contribution in [1.29, 1.82) is 0 Å². The van der Waals surface area contributed by atoms with Crippen molar-refractivity contribution in [2.24, 2.45) is 5.92 Å². The fraction of sp³-hybridized carbons (Fsp3) is 0.421. The van der Waals surface area contributed by atoms with E-state index in [1.165, 1.54) is 0 Å². The second-order valence-electron chi connectivity index (χ2n) is 6.53. The zero-order valence-corrected chi connectivity index (χ0v) is 14.8. The van der Waals surface area contributed by atoms with E-state index in [1.54, 1.807) is 17.9 Å². The molecule has 7 heteroatoms. The number of hydrogen-bond donors (Lipinski definition) is 1. The first kappa shape index (κ1) is 18.0. The number of carbonyl (C=O) groups is 2. The number of benzene rings is 1. The summed E-state index contributed by atoms with van der Waals surface area (Å²) in [5.41, 5.74) is 1.24. The minimum Gasteiger partial charge on any atom is -0.445 e. The van der Waals surface area contributed by atoms with Gasteiger partial charge in [0.25, 0.3) is 5.91 Å². The van der Waals surface area contributed by atoms with Crippen LogP contribution in [0.5, 0.6) is 0 Å². The van der Waals surface area contributed by atoms with Gasteiger partial charge < -0.3 is 19.5 Å². The van der Waals surface area contributed by atoms with Crippen molar-refractivity contribution in [2.75, 3.05) is 19.6 Å². The molecule has 1 N–H and O–H groups in total. The molecule has 26 heavy (non-hydrogen) atoms. The van der Waals surface area contributed by atoms with Gasteiger partial charge in [-0.15, -0.1) is 0 Å². The maximum absolute atomic E-state index is 12.3. The van der Waals surface area contributed by atoms with Gasteiger partial charge in [0, 0.05) is 25.7 Å². The SMILES string of the molecule is Cc1cc(C(=O)NC[C@H]2CCCN(C(=O)OCc3ccccc3)C2)no1. The predicted molar refractivity (Wildman–Crippen MR) is 94.5 cm³/mol. The van der Waals surface area contributed by atoms with Crippen LogP contribution in [0, 0.1) is 12.8 Å². The molecule has 1 aromatic heterocycles. The third kappa shape index (κ3) is 4.84. The van der Waals surface area contributed by atoms with Crippen LogP contribution in [0.25, 0.3) is 0 Å². The van der Waals surface area contributed by atoms with Crippen molar-refractivity contribution in [3.05, 3.63) is 53.4 Å². The Labute approximate surface area is 152 Å². The normalized spacial score (nSPS) is 17.0. The minimum atomic E-state index is -0.308. The van der Waals surface area contributed by atoms with Crippen LogP contribution in [0.4, 0.5) is 4.79 Å². The van der Waals surface area contributed by atoms with Gasteiger partial charge in [-0.3, -0.25) is 4.79 Å². The lowest BCUT2D eigenvalue weighted by molar-refractivity contribution is 0.0775. The second kappa shape index (κ2) is 8.51. The van der Waals surface area contributed by atoms with E-state index in [4.69, 9.17) is 9.26 Å². The van der Waals surface area contributed by atoms with Crippen LogP contribution >= 0.6 is 0 Å². The molecular weight excluding hydrogens is 334 g/mol. The highest BCUT2D eigenvalue weighted by Gasteiger charge is 2.25. The molecule has 1 aromatic carbocycles. The van der Waals surface area contributed by atoms with E-state index in [9.17, 15) is 9.59 Å². The van der Waals surface area contributed by atoms with E-state index in [0.717, 1.165) is 18.4 Å². The molecule has 2 aromatic rings. The fourth-order valence-corrected chi connectivity index (χ4v) is 3.01. The Hall–Kier alpha value is -2.83. The van der Waals surface area contributed by atoms with Gasteiger partial charge >= 0.3 is 6.09 Å². The summed E-state index contributed by atoms with van der Waals surface area (Å²) in [5.74, 6) is 0.538. The van der Waals surface area contributed by atoms with Gasteiger partial charge in [-0.25, -0.2) is 4.79 Å². The summed E-state index contributed by atoms with van der Waals surface area (Å²) >= 11 is 0. The smallest absolute Gasteiger partial charge is 0.410 e. The standard InChI is InChI=1S/C19H23N3O4/c1-14-10-17(21-26-14)18(23)20-11-16-8-5-9-22(12-16)19(24)25-13-15-6-3-2-4-7-15/h2-4,6-7,10,16H,5,8-9,11-13H2,1H3,(H,20,23)/t16-/m1/s1. The Bertz CT molecular complexity index is 744. The van der Waals surface area contributed by atoms with E-state index in [2.05, 4.69) is 10.5 Å². The van der Waals surface area contributed by atoms with Gasteiger partial charge in [0.15, 0.2) is 5.69 Å². The second-order valence-corrected chi connectivity index (χ2v) is 6.53. The summed E-state index contributed by atoms with van der Waals surface area (Å²) < 4.78 is 10.3. The van der Waals surface area contributed by atoms with E-state index in [-0.39, 0.29) is 30.2 Å². The number of piperidine rings is 1. The first-order valence-electron chi connectivity index (χ1n) is 8.79. The number of nitrogens with one attached hydrogen (secondary N) is 1. The molecule has 0 spiro atoms. The van der Waals surface area contributed by atoms with E-state index >= 15 is 0 Å². The number of rotatable bonds is 5. The van der Waals surface area contributed by atoms with E-state index in [0.29, 0.717) is 25.4 Å². The summed E-state index contributed by atoms with van der Waals surface area (Å²) in [4.78, 5) is 26.0. The van der Waals surface area contributed by atoms with Crippen LogP contribution in [-0.4, -0.2) is 41.7 Å². The van der Waals surface area contributed by atoms with Gasteiger partial charge in [0.05, 0.1) is 0 Å². The number of ether oxygens (including phenoxy) is 1. The Morgan fingerprint density at radius 1 is 1.35 bits per heavy atom. The van der Waals surface area contributed by atoms with Gasteiger partial charge in [-0.1, -0.05) is 35.5 Å². The molecular formula is C19H23N3O4. The summed E-state index contributed by atoms with van der Waals surface area (Å²) in [6.07, 6.45) is 1.54. The van der Waals surface area contributed by atoms with Crippen molar-refractivity contribution in [3.63, 3.8) is 0 Å². The number of hydrogen-bond acceptors (Lipinski definition) is 5. The lowest BCUT2D eigenvalue weighted by Crippen LogP contribution is -2.43. The third-order valence-electron chi connectivity index (χ3n) is 4.39. The van der Waals surface area contributed by atoms with Crippen molar-refractivity contribution in [1.82, 2.24) is 15.4 Å². The molecule has 138 valence electrons. The average molecular weight is 357 g/mol. The highest BCUT2D eigenvalue weighted by Crippen LogP contribution is 2.17. The number of nitrogens with zero attached hydrogens (tertiary/aromatic N) is 2. The van der Waals surface area contributed by atoms with Crippen LogP contribution in [0.3, 0.4) is 0 Å². The molecule has 2 heterocycles. The lowest BCUT2D eigenvalue weighted by atomic mass is 9.98. The lowest BCUT2D eigenvalue weighted by Gasteiger charge is -2.32. The highest BCUT2D eigenvalue weighted by atomic mass is 16.6. The zero-order chi connectivity index (χ0) is 18.4. The van der Waals surface area contributed by atoms with Crippen LogP contribution in [0.1, 0.15) is 34.7 Å². The molecule has 0 bridgehead atoms. The van der Waals surface area contributed by atoms with Gasteiger partial charge in [-0.2, -0.15) is 0 Å². The molecule has 1 atom stereocenters. The molecule has 3 rings (SSSR count). The average Bonchev–Trinajstić information content (AvgIpc) is 3.12. The molecule has 0 unspecified atom stereocenters. The Morgan fingerprint density at radius 2 is 2.15 bits per heavy atom. The quantitative estimate of drug-likeness (QED) is 0.889. The molecule has 1 fully saturated rings. The molecule has 1 aliphatic heterocycles. The topological polar surface area (TPSA) is 84.7 Å². The highest BCUT2D eigenvalue weighted by molar-refractivity contribution is 5.92.